The van der Waals surface area contributed by atoms with Crippen molar-refractivity contribution in [3.63, 3.8) is 0 Å². The van der Waals surface area contributed by atoms with Gasteiger partial charge in [0.15, 0.2) is 15.6 Å². The van der Waals surface area contributed by atoms with Crippen molar-refractivity contribution in [2.75, 3.05) is 32.3 Å². The highest BCUT2D eigenvalue weighted by molar-refractivity contribution is 7.92. The van der Waals surface area contributed by atoms with Crippen molar-refractivity contribution in [3.8, 4) is 5.75 Å². The first kappa shape index (κ1) is 15.7. The molecular weight excluding hydrogens is 268 g/mol. The van der Waals surface area contributed by atoms with Gasteiger partial charge in [0.25, 0.3) is 0 Å². The number of sulfone groups is 1. The molecule has 0 fully saturated rings. The van der Waals surface area contributed by atoms with E-state index in [1.807, 2.05) is 0 Å². The third-order valence-electron chi connectivity index (χ3n) is 2.57. The average molecular weight is 286 g/mol. The molecule has 0 heterocycles. The molecule has 0 amide bonds. The van der Waals surface area contributed by atoms with E-state index in [9.17, 15) is 13.2 Å². The van der Waals surface area contributed by atoms with Crippen LogP contribution in [0.3, 0.4) is 0 Å². The molecule has 1 aromatic carbocycles. The van der Waals surface area contributed by atoms with Crippen molar-refractivity contribution < 1.29 is 22.7 Å². The van der Waals surface area contributed by atoms with E-state index < -0.39 is 21.4 Å². The van der Waals surface area contributed by atoms with Gasteiger partial charge in [-0.05, 0) is 30.7 Å². The van der Waals surface area contributed by atoms with E-state index >= 15 is 0 Å². The molecule has 0 radical (unpaired) electrons. The standard InChI is InChI=1S/C13H18O5S/c1-17-8-3-9-19(15,16)10-13(14)11-4-6-12(18-2)7-5-11/h4-7H,3,8-10H2,1-2H3. The van der Waals surface area contributed by atoms with E-state index in [1.54, 1.807) is 24.3 Å². The molecule has 0 aromatic heterocycles. The molecule has 5 nitrogen and oxygen atoms in total. The van der Waals surface area contributed by atoms with Crippen molar-refractivity contribution in [2.45, 2.75) is 6.42 Å². The first-order valence-electron chi connectivity index (χ1n) is 5.85. The topological polar surface area (TPSA) is 69.7 Å². The van der Waals surface area contributed by atoms with E-state index in [4.69, 9.17) is 9.47 Å². The van der Waals surface area contributed by atoms with Crippen molar-refractivity contribution in [3.05, 3.63) is 29.8 Å². The smallest absolute Gasteiger partial charge is 0.177 e. The number of hydrogen-bond donors (Lipinski definition) is 0. The number of methoxy groups -OCH3 is 2. The van der Waals surface area contributed by atoms with Crippen LogP contribution in [0.1, 0.15) is 16.8 Å². The van der Waals surface area contributed by atoms with Crippen LogP contribution in [0.5, 0.6) is 5.75 Å². The first-order chi connectivity index (χ1) is 8.98. The molecule has 0 atom stereocenters. The number of ketones is 1. The lowest BCUT2D eigenvalue weighted by Gasteiger charge is -2.05. The van der Waals surface area contributed by atoms with Crippen LogP contribution in [-0.4, -0.2) is 46.5 Å². The maximum atomic E-state index is 11.8. The Morgan fingerprint density at radius 3 is 2.32 bits per heavy atom. The Balaban J connectivity index is 2.62. The fraction of sp³-hybridized carbons (Fsp3) is 0.462. The Hall–Kier alpha value is -1.40. The second kappa shape index (κ2) is 7.25. The van der Waals surface area contributed by atoms with Crippen molar-refractivity contribution in [2.24, 2.45) is 0 Å². The zero-order valence-corrected chi connectivity index (χ0v) is 11.9. The van der Waals surface area contributed by atoms with E-state index in [1.165, 1.54) is 14.2 Å². The SMILES string of the molecule is COCCCS(=O)(=O)CC(=O)c1ccc(OC)cc1. The maximum Gasteiger partial charge on any atom is 0.177 e. The Bertz CT molecular complexity index is 504. The molecule has 6 heteroatoms. The van der Waals surface area contributed by atoms with Crippen LogP contribution >= 0.6 is 0 Å². The van der Waals surface area contributed by atoms with Crippen molar-refractivity contribution in [1.82, 2.24) is 0 Å². The molecule has 106 valence electrons. The second-order valence-corrected chi connectivity index (χ2v) is 6.27. The summed E-state index contributed by atoms with van der Waals surface area (Å²) in [6.07, 6.45) is 0.398. The van der Waals surface area contributed by atoms with Crippen LogP contribution in [0.2, 0.25) is 0 Å². The largest absolute Gasteiger partial charge is 0.497 e. The molecule has 0 aliphatic heterocycles. The van der Waals surface area contributed by atoms with E-state index in [0.29, 0.717) is 24.3 Å². The highest BCUT2D eigenvalue weighted by Crippen LogP contribution is 2.12. The summed E-state index contributed by atoms with van der Waals surface area (Å²) in [6, 6.07) is 6.38. The van der Waals surface area contributed by atoms with Crippen molar-refractivity contribution >= 4 is 15.6 Å². The molecule has 0 unspecified atom stereocenters. The normalized spacial score (nSPS) is 11.3. The summed E-state index contributed by atoms with van der Waals surface area (Å²) in [7, 11) is -0.344. The Morgan fingerprint density at radius 2 is 1.79 bits per heavy atom. The van der Waals surface area contributed by atoms with Crippen molar-refractivity contribution in [1.29, 1.82) is 0 Å². The van der Waals surface area contributed by atoms with Gasteiger partial charge in [0.05, 0.1) is 12.9 Å². The van der Waals surface area contributed by atoms with E-state index in [2.05, 4.69) is 0 Å². The molecule has 0 bridgehead atoms. The second-order valence-electron chi connectivity index (χ2n) is 4.09. The molecule has 0 saturated carbocycles. The molecule has 1 aromatic rings. The predicted octanol–water partition coefficient (Wildman–Crippen LogP) is 1.33. The third-order valence-corrected chi connectivity index (χ3v) is 4.18. The van der Waals surface area contributed by atoms with Crippen LogP contribution in [0.4, 0.5) is 0 Å². The minimum atomic E-state index is -3.38. The van der Waals surface area contributed by atoms with Crippen LogP contribution in [-0.2, 0) is 14.6 Å². The summed E-state index contributed by atoms with van der Waals surface area (Å²) in [5, 5.41) is 0. The van der Waals surface area contributed by atoms with Gasteiger partial charge in [0.1, 0.15) is 11.5 Å². The lowest BCUT2D eigenvalue weighted by Crippen LogP contribution is -2.19. The number of ether oxygens (including phenoxy) is 2. The number of rotatable bonds is 8. The highest BCUT2D eigenvalue weighted by atomic mass is 32.2. The Morgan fingerprint density at radius 1 is 1.16 bits per heavy atom. The predicted molar refractivity (Wildman–Crippen MR) is 72.5 cm³/mol. The van der Waals surface area contributed by atoms with E-state index in [-0.39, 0.29) is 5.75 Å². The Labute approximate surface area is 113 Å². The minimum Gasteiger partial charge on any atom is -0.497 e. The summed E-state index contributed by atoms with van der Waals surface area (Å²) in [5.74, 6) is -0.286. The number of carbonyl (C=O) groups excluding carboxylic acids is 1. The molecule has 0 saturated heterocycles. The molecule has 0 aliphatic rings. The molecular formula is C13H18O5S. The molecule has 19 heavy (non-hydrogen) atoms. The van der Waals surface area contributed by atoms with Crippen LogP contribution < -0.4 is 4.74 Å². The zero-order chi connectivity index (χ0) is 14.3. The fourth-order valence-electron chi connectivity index (χ4n) is 1.56. The van der Waals surface area contributed by atoms with Gasteiger partial charge in [0.2, 0.25) is 0 Å². The van der Waals surface area contributed by atoms with Crippen LogP contribution in [0.25, 0.3) is 0 Å². The van der Waals surface area contributed by atoms with Gasteiger partial charge in [-0.3, -0.25) is 4.79 Å². The lowest BCUT2D eigenvalue weighted by molar-refractivity contribution is 0.102. The minimum absolute atomic E-state index is 0.0390. The quantitative estimate of drug-likeness (QED) is 0.532. The fourth-order valence-corrected chi connectivity index (χ4v) is 2.82. The highest BCUT2D eigenvalue weighted by Gasteiger charge is 2.17. The number of benzene rings is 1. The third kappa shape index (κ3) is 5.40. The summed E-state index contributed by atoms with van der Waals surface area (Å²) in [4.78, 5) is 11.8. The number of Topliss-reactive ketones (excluding diaryl/α,β-unsaturated/α-hetero) is 1. The Kier molecular flexibility index (Phi) is 5.98. The summed E-state index contributed by atoms with van der Waals surface area (Å²) in [6.45, 7) is 0.371. The lowest BCUT2D eigenvalue weighted by atomic mass is 10.1. The molecule has 0 spiro atoms. The van der Waals surface area contributed by atoms with Crippen LogP contribution in [0.15, 0.2) is 24.3 Å². The van der Waals surface area contributed by atoms with Gasteiger partial charge in [-0.15, -0.1) is 0 Å². The van der Waals surface area contributed by atoms with Gasteiger partial charge in [-0.25, -0.2) is 8.42 Å². The summed E-state index contributed by atoms with van der Waals surface area (Å²) >= 11 is 0. The number of hydrogen-bond acceptors (Lipinski definition) is 5. The number of carbonyl (C=O) groups is 1. The maximum absolute atomic E-state index is 11.8. The molecule has 0 N–H and O–H groups in total. The molecule has 1 rings (SSSR count). The van der Waals surface area contributed by atoms with Crippen LogP contribution in [0, 0.1) is 0 Å². The average Bonchev–Trinajstić information content (AvgIpc) is 2.38. The molecule has 0 aliphatic carbocycles. The van der Waals surface area contributed by atoms with Gasteiger partial charge < -0.3 is 9.47 Å². The summed E-state index contributed by atoms with van der Waals surface area (Å²) in [5.41, 5.74) is 0.371. The van der Waals surface area contributed by atoms with E-state index in [0.717, 1.165) is 0 Å². The van der Waals surface area contributed by atoms with Gasteiger partial charge in [-0.1, -0.05) is 0 Å². The van der Waals surface area contributed by atoms with Gasteiger partial charge in [0, 0.05) is 19.3 Å². The first-order valence-corrected chi connectivity index (χ1v) is 7.67. The summed E-state index contributed by atoms with van der Waals surface area (Å²) < 4.78 is 33.2. The monoisotopic (exact) mass is 286 g/mol. The van der Waals surface area contributed by atoms with Gasteiger partial charge in [-0.2, -0.15) is 0 Å². The zero-order valence-electron chi connectivity index (χ0n) is 11.1. The van der Waals surface area contributed by atoms with Gasteiger partial charge >= 0.3 is 0 Å².